The van der Waals surface area contributed by atoms with E-state index in [2.05, 4.69) is 22.9 Å². The van der Waals surface area contributed by atoms with E-state index in [4.69, 9.17) is 23.2 Å². The number of aromatic nitrogens is 1. The van der Waals surface area contributed by atoms with E-state index < -0.39 is 0 Å². The molecule has 0 saturated carbocycles. The Hall–Kier alpha value is -0.960. The third-order valence-electron chi connectivity index (χ3n) is 2.72. The number of hydrogen-bond donors (Lipinski definition) is 0. The van der Waals surface area contributed by atoms with Gasteiger partial charge in [0.05, 0.1) is 10.9 Å². The van der Waals surface area contributed by atoms with Crippen molar-refractivity contribution in [2.24, 2.45) is 0 Å². The van der Waals surface area contributed by atoms with Crippen molar-refractivity contribution in [2.75, 3.05) is 0 Å². The van der Waals surface area contributed by atoms with E-state index in [1.54, 1.807) is 11.3 Å². The van der Waals surface area contributed by atoms with Gasteiger partial charge in [0, 0.05) is 27.0 Å². The quantitative estimate of drug-likeness (QED) is 0.619. The number of rotatable bonds is 2. The molecule has 2 aromatic heterocycles. The van der Waals surface area contributed by atoms with Gasteiger partial charge in [-0.3, -0.25) is 0 Å². The van der Waals surface area contributed by atoms with Crippen LogP contribution in [0.4, 0.5) is 0 Å². The molecule has 2 heterocycles. The topological polar surface area (TPSA) is 4.93 Å². The van der Waals surface area contributed by atoms with Crippen LogP contribution in [0.25, 0.3) is 10.9 Å². The first-order chi connectivity index (χ1) is 8.24. The van der Waals surface area contributed by atoms with Crippen LogP contribution >= 0.6 is 34.5 Å². The van der Waals surface area contributed by atoms with E-state index in [-0.39, 0.29) is 0 Å². The summed E-state index contributed by atoms with van der Waals surface area (Å²) in [5, 5.41) is 1.89. The van der Waals surface area contributed by atoms with Crippen molar-refractivity contribution < 1.29 is 0 Å². The Balaban J connectivity index is 2.04. The van der Waals surface area contributed by atoms with Crippen molar-refractivity contribution >= 4 is 45.4 Å². The highest BCUT2D eigenvalue weighted by Crippen LogP contribution is 2.27. The van der Waals surface area contributed by atoms with E-state index in [0.717, 1.165) is 26.8 Å². The minimum absolute atomic E-state index is 0.797. The number of nitrogens with zero attached hydrogens (tertiary/aromatic N) is 1. The van der Waals surface area contributed by atoms with Crippen molar-refractivity contribution in [3.8, 4) is 0 Å². The third kappa shape index (κ3) is 2.08. The molecule has 0 saturated heterocycles. The zero-order valence-corrected chi connectivity index (χ0v) is 11.2. The average Bonchev–Trinajstić information content (AvgIpc) is 2.88. The van der Waals surface area contributed by atoms with E-state index >= 15 is 0 Å². The molecule has 1 nitrogen and oxygen atoms in total. The molecule has 0 aliphatic carbocycles. The summed E-state index contributed by atoms with van der Waals surface area (Å²) >= 11 is 13.7. The van der Waals surface area contributed by atoms with Crippen LogP contribution < -0.4 is 0 Å². The lowest BCUT2D eigenvalue weighted by atomic mass is 10.2. The van der Waals surface area contributed by atoms with Crippen LogP contribution in [0, 0.1) is 0 Å². The normalized spacial score (nSPS) is 11.2. The molecule has 0 atom stereocenters. The first kappa shape index (κ1) is 11.1. The molecule has 0 spiro atoms. The first-order valence-electron chi connectivity index (χ1n) is 5.21. The van der Waals surface area contributed by atoms with Crippen molar-refractivity contribution in [1.29, 1.82) is 0 Å². The average molecular weight is 282 g/mol. The Morgan fingerprint density at radius 2 is 1.94 bits per heavy atom. The van der Waals surface area contributed by atoms with Gasteiger partial charge in [0.2, 0.25) is 0 Å². The maximum absolute atomic E-state index is 6.15. The molecular formula is C13H9Cl2NS. The van der Waals surface area contributed by atoms with E-state index in [0.29, 0.717) is 0 Å². The molecule has 17 heavy (non-hydrogen) atoms. The molecule has 3 aromatic rings. The first-order valence-corrected chi connectivity index (χ1v) is 6.79. The minimum Gasteiger partial charge on any atom is -0.342 e. The zero-order chi connectivity index (χ0) is 11.8. The summed E-state index contributed by atoms with van der Waals surface area (Å²) < 4.78 is 3.01. The molecule has 4 heteroatoms. The summed E-state index contributed by atoms with van der Waals surface area (Å²) in [6, 6.07) is 12.0. The van der Waals surface area contributed by atoms with E-state index in [1.807, 2.05) is 24.3 Å². The standard InChI is InChI=1S/C13H9Cl2NS/c14-11-2-1-3-12-10(11)6-7-16(12)8-9-4-5-13(15)17-9/h1-7H,8H2. The highest BCUT2D eigenvalue weighted by molar-refractivity contribution is 7.16. The third-order valence-corrected chi connectivity index (χ3v) is 4.26. The van der Waals surface area contributed by atoms with Crippen molar-refractivity contribution in [3.63, 3.8) is 0 Å². The van der Waals surface area contributed by atoms with E-state index in [1.165, 1.54) is 4.88 Å². The Bertz CT molecular complexity index is 669. The Morgan fingerprint density at radius 1 is 1.06 bits per heavy atom. The summed E-state index contributed by atoms with van der Waals surface area (Å²) in [7, 11) is 0. The van der Waals surface area contributed by atoms with Crippen LogP contribution in [0.15, 0.2) is 42.6 Å². The lowest BCUT2D eigenvalue weighted by Crippen LogP contribution is -1.94. The second kappa shape index (κ2) is 4.37. The minimum atomic E-state index is 0.797. The molecule has 0 radical (unpaired) electrons. The summed E-state index contributed by atoms with van der Waals surface area (Å²) in [5.41, 5.74) is 1.15. The fourth-order valence-corrected chi connectivity index (χ4v) is 3.25. The van der Waals surface area contributed by atoms with Gasteiger partial charge in [0.1, 0.15) is 0 Å². The molecule has 0 bridgehead atoms. The smallest absolute Gasteiger partial charge is 0.0931 e. The largest absolute Gasteiger partial charge is 0.342 e. The summed E-state index contributed by atoms with van der Waals surface area (Å²) in [4.78, 5) is 1.24. The summed E-state index contributed by atoms with van der Waals surface area (Å²) in [5.74, 6) is 0. The van der Waals surface area contributed by atoms with Gasteiger partial charge < -0.3 is 4.57 Å². The maximum atomic E-state index is 6.15. The SMILES string of the molecule is Clc1ccc(Cn2ccc3c(Cl)cccc32)s1. The molecule has 0 aliphatic rings. The molecule has 0 N–H and O–H groups in total. The molecule has 0 aliphatic heterocycles. The predicted molar refractivity (Wildman–Crippen MR) is 75.4 cm³/mol. The van der Waals surface area contributed by atoms with Crippen LogP contribution in [-0.4, -0.2) is 4.57 Å². The Kier molecular flexibility index (Phi) is 2.87. The van der Waals surface area contributed by atoms with Crippen molar-refractivity contribution in [3.05, 3.63) is 56.8 Å². The molecule has 0 fully saturated rings. The molecular weight excluding hydrogens is 273 g/mol. The maximum Gasteiger partial charge on any atom is 0.0931 e. The summed E-state index contributed by atoms with van der Waals surface area (Å²) in [6.45, 7) is 0.835. The molecule has 3 rings (SSSR count). The molecule has 0 unspecified atom stereocenters. The highest BCUT2D eigenvalue weighted by atomic mass is 35.5. The summed E-state index contributed by atoms with van der Waals surface area (Å²) in [6.07, 6.45) is 2.06. The van der Waals surface area contributed by atoms with Crippen LogP contribution in [-0.2, 0) is 6.54 Å². The molecule has 1 aromatic carbocycles. The van der Waals surface area contributed by atoms with Crippen LogP contribution in [0.1, 0.15) is 4.88 Å². The number of benzene rings is 1. The van der Waals surface area contributed by atoms with Gasteiger partial charge in [-0.15, -0.1) is 11.3 Å². The zero-order valence-electron chi connectivity index (χ0n) is 8.86. The molecule has 86 valence electrons. The van der Waals surface area contributed by atoms with Gasteiger partial charge in [-0.05, 0) is 30.3 Å². The predicted octanol–water partition coefficient (Wildman–Crippen LogP) is 5.06. The number of halogens is 2. The number of fused-ring (bicyclic) bond motifs is 1. The van der Waals surface area contributed by atoms with E-state index in [9.17, 15) is 0 Å². The van der Waals surface area contributed by atoms with Gasteiger partial charge in [0.15, 0.2) is 0 Å². The van der Waals surface area contributed by atoms with Gasteiger partial charge in [-0.25, -0.2) is 0 Å². The van der Waals surface area contributed by atoms with Crippen LogP contribution in [0.2, 0.25) is 9.36 Å². The second-order valence-electron chi connectivity index (χ2n) is 3.82. The fraction of sp³-hybridized carbons (Fsp3) is 0.0769. The van der Waals surface area contributed by atoms with Crippen molar-refractivity contribution in [1.82, 2.24) is 4.57 Å². The number of hydrogen-bond acceptors (Lipinski definition) is 1. The van der Waals surface area contributed by atoms with Gasteiger partial charge in [0.25, 0.3) is 0 Å². The lowest BCUT2D eigenvalue weighted by molar-refractivity contribution is 0.852. The number of thiophene rings is 1. The highest BCUT2D eigenvalue weighted by Gasteiger charge is 2.05. The van der Waals surface area contributed by atoms with Crippen molar-refractivity contribution in [2.45, 2.75) is 6.54 Å². The Labute approximate surface area is 113 Å². The fourth-order valence-electron chi connectivity index (χ4n) is 1.93. The lowest BCUT2D eigenvalue weighted by Gasteiger charge is -2.03. The van der Waals surface area contributed by atoms with Crippen LogP contribution in [0.5, 0.6) is 0 Å². The van der Waals surface area contributed by atoms with Gasteiger partial charge in [-0.1, -0.05) is 29.3 Å². The van der Waals surface area contributed by atoms with Crippen LogP contribution in [0.3, 0.4) is 0 Å². The Morgan fingerprint density at radius 3 is 2.71 bits per heavy atom. The monoisotopic (exact) mass is 281 g/mol. The second-order valence-corrected chi connectivity index (χ2v) is 6.03. The van der Waals surface area contributed by atoms with Gasteiger partial charge >= 0.3 is 0 Å². The van der Waals surface area contributed by atoms with Gasteiger partial charge in [-0.2, -0.15) is 0 Å². The molecule has 0 amide bonds.